The average Bonchev–Trinajstić information content (AvgIpc) is 2.43. The van der Waals surface area contributed by atoms with Gasteiger partial charge in [0.25, 0.3) is 5.91 Å². The lowest BCUT2D eigenvalue weighted by Crippen LogP contribution is -2.13. The van der Waals surface area contributed by atoms with E-state index in [-0.39, 0.29) is 16.3 Å². The molecule has 0 saturated heterocycles. The van der Waals surface area contributed by atoms with Gasteiger partial charge in [0.2, 0.25) is 5.82 Å². The van der Waals surface area contributed by atoms with Crippen molar-refractivity contribution in [2.75, 3.05) is 5.32 Å². The number of hydrogen-bond acceptors (Lipinski definition) is 3. The standard InChI is InChI=1S/C13H7ClF2N2O3/c14-8-2-4-9(15)11(6-8)17-13(19)7-1-3-10(16)12(5-7)18(20)21/h1-6H,(H,17,19). The van der Waals surface area contributed by atoms with Gasteiger partial charge in [0.1, 0.15) is 5.82 Å². The highest BCUT2D eigenvalue weighted by Gasteiger charge is 2.18. The van der Waals surface area contributed by atoms with Crippen molar-refractivity contribution in [3.8, 4) is 0 Å². The highest BCUT2D eigenvalue weighted by molar-refractivity contribution is 6.31. The van der Waals surface area contributed by atoms with Crippen LogP contribution in [-0.4, -0.2) is 10.8 Å². The molecule has 0 aromatic heterocycles. The first-order valence-electron chi connectivity index (χ1n) is 5.59. The van der Waals surface area contributed by atoms with E-state index in [0.717, 1.165) is 24.3 Å². The van der Waals surface area contributed by atoms with Crippen molar-refractivity contribution in [3.05, 3.63) is 68.7 Å². The summed E-state index contributed by atoms with van der Waals surface area (Å²) < 4.78 is 26.7. The Balaban J connectivity index is 2.30. The number of carbonyl (C=O) groups is 1. The Bertz CT molecular complexity index is 737. The Hall–Kier alpha value is -2.54. The summed E-state index contributed by atoms with van der Waals surface area (Å²) in [5, 5.41) is 13.0. The molecule has 1 N–H and O–H groups in total. The molecule has 21 heavy (non-hydrogen) atoms. The second kappa shape index (κ2) is 5.84. The van der Waals surface area contributed by atoms with E-state index in [4.69, 9.17) is 11.6 Å². The molecule has 0 heterocycles. The fourth-order valence-corrected chi connectivity index (χ4v) is 1.75. The zero-order valence-electron chi connectivity index (χ0n) is 10.3. The molecule has 5 nitrogen and oxygen atoms in total. The number of carbonyl (C=O) groups excluding carboxylic acids is 1. The first kappa shape index (κ1) is 14.9. The normalized spacial score (nSPS) is 10.2. The Morgan fingerprint density at radius 1 is 1.14 bits per heavy atom. The van der Waals surface area contributed by atoms with Crippen molar-refractivity contribution in [1.82, 2.24) is 0 Å². The molecule has 108 valence electrons. The van der Waals surface area contributed by atoms with Crippen molar-refractivity contribution in [2.45, 2.75) is 0 Å². The van der Waals surface area contributed by atoms with Gasteiger partial charge in [0.15, 0.2) is 0 Å². The Kier molecular flexibility index (Phi) is 4.13. The summed E-state index contributed by atoms with van der Waals surface area (Å²) in [6.45, 7) is 0. The maximum atomic E-state index is 13.5. The number of nitrogens with zero attached hydrogens (tertiary/aromatic N) is 1. The van der Waals surface area contributed by atoms with Crippen molar-refractivity contribution < 1.29 is 18.5 Å². The second-order valence-electron chi connectivity index (χ2n) is 4.00. The van der Waals surface area contributed by atoms with Gasteiger partial charge in [-0.05, 0) is 30.3 Å². The van der Waals surface area contributed by atoms with Gasteiger partial charge in [-0.3, -0.25) is 14.9 Å². The SMILES string of the molecule is O=C(Nc1cc(Cl)ccc1F)c1ccc(F)c([N+](=O)[O-])c1. The third-order valence-electron chi connectivity index (χ3n) is 2.58. The van der Waals surface area contributed by atoms with E-state index in [1.54, 1.807) is 0 Å². The zero-order valence-corrected chi connectivity index (χ0v) is 11.0. The number of rotatable bonds is 3. The van der Waals surface area contributed by atoms with Crippen LogP contribution in [0.1, 0.15) is 10.4 Å². The summed E-state index contributed by atoms with van der Waals surface area (Å²) >= 11 is 5.68. The van der Waals surface area contributed by atoms with E-state index < -0.39 is 28.2 Å². The number of benzene rings is 2. The molecule has 0 aliphatic rings. The molecule has 0 saturated carbocycles. The fourth-order valence-electron chi connectivity index (χ4n) is 1.58. The van der Waals surface area contributed by atoms with E-state index in [0.29, 0.717) is 0 Å². The van der Waals surface area contributed by atoms with E-state index in [2.05, 4.69) is 5.32 Å². The largest absolute Gasteiger partial charge is 0.319 e. The molecule has 2 aromatic rings. The molecule has 1 amide bonds. The number of anilines is 1. The Morgan fingerprint density at radius 3 is 2.48 bits per heavy atom. The predicted octanol–water partition coefficient (Wildman–Crippen LogP) is 3.78. The molecule has 0 aliphatic carbocycles. The fraction of sp³-hybridized carbons (Fsp3) is 0. The minimum absolute atomic E-state index is 0.178. The third kappa shape index (κ3) is 3.32. The Morgan fingerprint density at radius 2 is 1.81 bits per heavy atom. The van der Waals surface area contributed by atoms with E-state index in [9.17, 15) is 23.7 Å². The van der Waals surface area contributed by atoms with Crippen LogP contribution in [0.5, 0.6) is 0 Å². The first-order chi connectivity index (χ1) is 9.88. The molecule has 8 heteroatoms. The minimum Gasteiger partial charge on any atom is -0.319 e. The van der Waals surface area contributed by atoms with Crippen LogP contribution >= 0.6 is 11.6 Å². The van der Waals surface area contributed by atoms with Crippen LogP contribution in [0.3, 0.4) is 0 Å². The molecule has 0 spiro atoms. The predicted molar refractivity (Wildman–Crippen MR) is 72.4 cm³/mol. The summed E-state index contributed by atoms with van der Waals surface area (Å²) in [5.74, 6) is -2.60. The van der Waals surface area contributed by atoms with Gasteiger partial charge in [0, 0.05) is 16.7 Å². The summed E-state index contributed by atoms with van der Waals surface area (Å²) in [5.41, 5.74) is -1.20. The van der Waals surface area contributed by atoms with Crippen molar-refractivity contribution in [2.24, 2.45) is 0 Å². The highest BCUT2D eigenvalue weighted by Crippen LogP contribution is 2.22. The molecular formula is C13H7ClF2N2O3. The van der Waals surface area contributed by atoms with E-state index in [1.807, 2.05) is 0 Å². The molecule has 0 radical (unpaired) electrons. The van der Waals surface area contributed by atoms with Crippen molar-refractivity contribution in [3.63, 3.8) is 0 Å². The van der Waals surface area contributed by atoms with E-state index in [1.165, 1.54) is 12.1 Å². The topological polar surface area (TPSA) is 72.2 Å². The zero-order chi connectivity index (χ0) is 15.6. The molecule has 0 atom stereocenters. The second-order valence-corrected chi connectivity index (χ2v) is 4.44. The lowest BCUT2D eigenvalue weighted by molar-refractivity contribution is -0.387. The van der Waals surface area contributed by atoms with Crippen LogP contribution in [0.15, 0.2) is 36.4 Å². The summed E-state index contributed by atoms with van der Waals surface area (Å²) in [4.78, 5) is 21.6. The lowest BCUT2D eigenvalue weighted by Gasteiger charge is -2.07. The number of nitrogens with one attached hydrogen (secondary N) is 1. The number of amides is 1. The number of hydrogen-bond donors (Lipinski definition) is 1. The summed E-state index contributed by atoms with van der Waals surface area (Å²) in [6.07, 6.45) is 0. The van der Waals surface area contributed by atoms with Gasteiger partial charge in [-0.25, -0.2) is 4.39 Å². The van der Waals surface area contributed by atoms with Crippen molar-refractivity contribution >= 4 is 28.9 Å². The Labute approximate surface area is 122 Å². The first-order valence-corrected chi connectivity index (χ1v) is 5.96. The van der Waals surface area contributed by atoms with Crippen LogP contribution in [0.4, 0.5) is 20.2 Å². The van der Waals surface area contributed by atoms with Gasteiger partial charge in [-0.2, -0.15) is 4.39 Å². The van der Waals surface area contributed by atoms with Crippen LogP contribution in [0, 0.1) is 21.7 Å². The molecule has 0 bridgehead atoms. The summed E-state index contributed by atoms with van der Waals surface area (Å²) in [7, 11) is 0. The van der Waals surface area contributed by atoms with Gasteiger partial charge in [-0.15, -0.1) is 0 Å². The van der Waals surface area contributed by atoms with Crippen LogP contribution in [-0.2, 0) is 0 Å². The van der Waals surface area contributed by atoms with Gasteiger partial charge in [-0.1, -0.05) is 11.6 Å². The van der Waals surface area contributed by atoms with Gasteiger partial charge >= 0.3 is 5.69 Å². The van der Waals surface area contributed by atoms with E-state index >= 15 is 0 Å². The number of nitro benzene ring substituents is 1. The smallest absolute Gasteiger partial charge is 0.305 e. The molecular weight excluding hydrogens is 306 g/mol. The third-order valence-corrected chi connectivity index (χ3v) is 2.82. The molecule has 0 fully saturated rings. The monoisotopic (exact) mass is 312 g/mol. The summed E-state index contributed by atoms with van der Waals surface area (Å²) in [6, 6.07) is 6.17. The lowest BCUT2D eigenvalue weighted by atomic mass is 10.1. The van der Waals surface area contributed by atoms with Gasteiger partial charge < -0.3 is 5.32 Å². The number of nitro groups is 1. The molecule has 2 aromatic carbocycles. The molecule has 0 unspecified atom stereocenters. The van der Waals surface area contributed by atoms with Crippen LogP contribution in [0.25, 0.3) is 0 Å². The maximum Gasteiger partial charge on any atom is 0.305 e. The quantitative estimate of drug-likeness (QED) is 0.692. The minimum atomic E-state index is -1.06. The molecule has 0 aliphatic heterocycles. The maximum absolute atomic E-state index is 13.5. The number of halogens is 3. The average molecular weight is 313 g/mol. The molecule has 2 rings (SSSR count). The van der Waals surface area contributed by atoms with Crippen LogP contribution < -0.4 is 5.32 Å². The van der Waals surface area contributed by atoms with Gasteiger partial charge in [0.05, 0.1) is 10.6 Å². The highest BCUT2D eigenvalue weighted by atomic mass is 35.5. The van der Waals surface area contributed by atoms with Crippen molar-refractivity contribution in [1.29, 1.82) is 0 Å². The van der Waals surface area contributed by atoms with Crippen LogP contribution in [0.2, 0.25) is 5.02 Å².